The normalized spacial score (nSPS) is 15.2. The lowest BCUT2D eigenvalue weighted by molar-refractivity contribution is -0.139. The third kappa shape index (κ3) is 5.03. The predicted molar refractivity (Wildman–Crippen MR) is 148 cm³/mol. The number of methoxy groups -OCH3 is 1. The molecule has 1 unspecified atom stereocenters. The van der Waals surface area contributed by atoms with Gasteiger partial charge < -0.3 is 14.2 Å². The molecule has 0 amide bonds. The first-order valence-corrected chi connectivity index (χ1v) is 13.1. The van der Waals surface area contributed by atoms with Gasteiger partial charge in [0.15, 0.2) is 16.3 Å². The van der Waals surface area contributed by atoms with E-state index < -0.39 is 12.0 Å². The van der Waals surface area contributed by atoms with Gasteiger partial charge in [0.25, 0.3) is 5.56 Å². The summed E-state index contributed by atoms with van der Waals surface area (Å²) in [5.41, 5.74) is 2.26. The van der Waals surface area contributed by atoms with Crippen molar-refractivity contribution in [3.63, 3.8) is 0 Å². The minimum Gasteiger partial charge on any atom is -0.493 e. The molecule has 1 atom stereocenters. The van der Waals surface area contributed by atoms with Crippen LogP contribution in [-0.2, 0) is 9.53 Å². The number of halogens is 1. The molecule has 0 aliphatic carbocycles. The number of aromatic nitrogens is 1. The van der Waals surface area contributed by atoms with Crippen LogP contribution in [0.25, 0.3) is 6.08 Å². The minimum atomic E-state index is -0.631. The molecule has 2 heterocycles. The second kappa shape index (κ2) is 11.3. The molecule has 0 bridgehead atoms. The van der Waals surface area contributed by atoms with Gasteiger partial charge in [-0.05, 0) is 65.8 Å². The first-order chi connectivity index (χ1) is 17.4. The maximum atomic E-state index is 13.7. The molecule has 186 valence electrons. The molecule has 1 aliphatic rings. The number of carbonyl (C=O) groups is 1. The van der Waals surface area contributed by atoms with Crippen LogP contribution in [0.15, 0.2) is 76.2 Å². The summed E-state index contributed by atoms with van der Waals surface area (Å²) in [5, 5.41) is 0. The lowest BCUT2D eigenvalue weighted by Crippen LogP contribution is -2.39. The maximum absolute atomic E-state index is 13.7. The number of esters is 1. The molecule has 0 saturated carbocycles. The number of allylic oxidation sites excluding steroid dienone is 1. The van der Waals surface area contributed by atoms with Crippen LogP contribution in [0.1, 0.15) is 31.0 Å². The number of rotatable bonds is 8. The zero-order valence-corrected chi connectivity index (χ0v) is 23.1. The van der Waals surface area contributed by atoms with Crippen LogP contribution in [0, 0.1) is 3.57 Å². The lowest BCUT2D eigenvalue weighted by atomic mass is 9.96. The first kappa shape index (κ1) is 25.9. The molecule has 3 aromatic rings. The van der Waals surface area contributed by atoms with Crippen molar-refractivity contribution >= 4 is 46.0 Å². The van der Waals surface area contributed by atoms with Crippen molar-refractivity contribution in [2.45, 2.75) is 19.9 Å². The van der Waals surface area contributed by atoms with Crippen LogP contribution in [-0.4, -0.2) is 30.9 Å². The number of thiazole rings is 1. The Morgan fingerprint density at radius 1 is 1.28 bits per heavy atom. The Bertz CT molecular complexity index is 1520. The van der Waals surface area contributed by atoms with Crippen molar-refractivity contribution in [2.24, 2.45) is 4.99 Å². The Balaban J connectivity index is 1.89. The van der Waals surface area contributed by atoms with Crippen LogP contribution in [0.2, 0.25) is 0 Å². The molecule has 4 rings (SSSR count). The van der Waals surface area contributed by atoms with E-state index in [1.807, 2.05) is 42.5 Å². The van der Waals surface area contributed by atoms with Gasteiger partial charge in [-0.15, -0.1) is 0 Å². The molecular weight excluding hydrogens is 591 g/mol. The molecule has 9 heteroatoms. The van der Waals surface area contributed by atoms with Gasteiger partial charge in [-0.3, -0.25) is 9.36 Å². The van der Waals surface area contributed by atoms with Crippen molar-refractivity contribution in [1.82, 2.24) is 4.57 Å². The van der Waals surface area contributed by atoms with Crippen molar-refractivity contribution in [3.8, 4) is 11.5 Å². The van der Waals surface area contributed by atoms with Crippen LogP contribution in [0.5, 0.6) is 11.5 Å². The molecule has 2 aromatic carbocycles. The largest absolute Gasteiger partial charge is 0.493 e. The Morgan fingerprint density at radius 3 is 2.69 bits per heavy atom. The third-order valence-corrected chi connectivity index (χ3v) is 7.31. The number of hydrogen-bond acceptors (Lipinski definition) is 7. The monoisotopic (exact) mass is 616 g/mol. The molecule has 1 aliphatic heterocycles. The molecule has 0 fully saturated rings. The smallest absolute Gasteiger partial charge is 0.338 e. The highest BCUT2D eigenvalue weighted by molar-refractivity contribution is 14.1. The van der Waals surface area contributed by atoms with Crippen LogP contribution in [0.4, 0.5) is 0 Å². The van der Waals surface area contributed by atoms with E-state index in [2.05, 4.69) is 34.2 Å². The van der Waals surface area contributed by atoms with E-state index in [0.29, 0.717) is 38.7 Å². The Hall–Kier alpha value is -3.18. The van der Waals surface area contributed by atoms with E-state index in [1.165, 1.54) is 11.3 Å². The van der Waals surface area contributed by atoms with Crippen molar-refractivity contribution < 1.29 is 19.0 Å². The molecule has 0 saturated heterocycles. The number of carbonyl (C=O) groups excluding carboxylic acids is 1. The van der Waals surface area contributed by atoms with E-state index in [4.69, 9.17) is 14.2 Å². The molecular formula is C27H25IN2O5S. The predicted octanol–water partition coefficient (Wildman–Crippen LogP) is 3.98. The average Bonchev–Trinajstić information content (AvgIpc) is 3.17. The number of fused-ring (bicyclic) bond motifs is 1. The van der Waals surface area contributed by atoms with Crippen LogP contribution < -0.4 is 24.4 Å². The fourth-order valence-electron chi connectivity index (χ4n) is 4.00. The minimum absolute atomic E-state index is 0.231. The first-order valence-electron chi connectivity index (χ1n) is 11.2. The van der Waals surface area contributed by atoms with Crippen LogP contribution >= 0.6 is 33.9 Å². The summed E-state index contributed by atoms with van der Waals surface area (Å²) in [6, 6.07) is 12.6. The number of ether oxygens (including phenoxy) is 3. The van der Waals surface area contributed by atoms with Gasteiger partial charge in [-0.1, -0.05) is 54.3 Å². The van der Waals surface area contributed by atoms with E-state index >= 15 is 0 Å². The van der Waals surface area contributed by atoms with E-state index in [9.17, 15) is 9.59 Å². The standard InChI is InChI=1S/C27H25IN2O5S/c1-5-12-35-24-19(28)13-17(14-20(24)33-4)15-21-25(31)30-23(18-10-8-7-9-11-18)22(26(32)34-6-2)16(3)29-27(30)36-21/h5,7-11,13-15,23H,1,6,12H2,2-4H3/b21-15-. The summed E-state index contributed by atoms with van der Waals surface area (Å²) in [7, 11) is 1.57. The second-order valence-electron chi connectivity index (χ2n) is 7.85. The van der Waals surface area contributed by atoms with Gasteiger partial charge in [-0.25, -0.2) is 9.79 Å². The Morgan fingerprint density at radius 2 is 2.03 bits per heavy atom. The third-order valence-electron chi connectivity index (χ3n) is 5.53. The van der Waals surface area contributed by atoms with Crippen LogP contribution in [0.3, 0.4) is 0 Å². The molecule has 0 N–H and O–H groups in total. The van der Waals surface area contributed by atoms with E-state index in [-0.39, 0.29) is 12.2 Å². The zero-order valence-electron chi connectivity index (χ0n) is 20.1. The van der Waals surface area contributed by atoms with Gasteiger partial charge in [-0.2, -0.15) is 0 Å². The highest BCUT2D eigenvalue weighted by atomic mass is 127. The molecule has 0 spiro atoms. The molecule has 7 nitrogen and oxygen atoms in total. The van der Waals surface area contributed by atoms with Crippen molar-refractivity contribution in [3.05, 3.63) is 101 Å². The fourth-order valence-corrected chi connectivity index (χ4v) is 5.83. The summed E-state index contributed by atoms with van der Waals surface area (Å²) in [5.74, 6) is 0.706. The second-order valence-corrected chi connectivity index (χ2v) is 10.0. The zero-order chi connectivity index (χ0) is 25.8. The van der Waals surface area contributed by atoms with E-state index in [0.717, 1.165) is 14.7 Å². The SMILES string of the molecule is C=CCOc1c(I)cc(/C=c2\sc3n(c2=O)C(c2ccccc2)C(C(=O)OCC)=C(C)N=3)cc1OC. The lowest BCUT2D eigenvalue weighted by Gasteiger charge is -2.24. The Kier molecular flexibility index (Phi) is 8.10. The molecule has 0 radical (unpaired) electrons. The van der Waals surface area contributed by atoms with Gasteiger partial charge in [0, 0.05) is 0 Å². The summed E-state index contributed by atoms with van der Waals surface area (Å²) < 4.78 is 19.5. The van der Waals surface area contributed by atoms with Gasteiger partial charge in [0.05, 0.1) is 39.1 Å². The van der Waals surface area contributed by atoms with Gasteiger partial charge in [0.2, 0.25) is 0 Å². The van der Waals surface area contributed by atoms with Gasteiger partial charge in [0.1, 0.15) is 6.61 Å². The van der Waals surface area contributed by atoms with Crippen molar-refractivity contribution in [2.75, 3.05) is 20.3 Å². The fraction of sp³-hybridized carbons (Fsp3) is 0.222. The maximum Gasteiger partial charge on any atom is 0.338 e. The number of nitrogens with zero attached hydrogens (tertiary/aromatic N) is 2. The average molecular weight is 616 g/mol. The highest BCUT2D eigenvalue weighted by Crippen LogP contribution is 2.34. The highest BCUT2D eigenvalue weighted by Gasteiger charge is 2.33. The molecule has 1 aromatic heterocycles. The molecule has 36 heavy (non-hydrogen) atoms. The number of hydrogen-bond donors (Lipinski definition) is 0. The topological polar surface area (TPSA) is 79.1 Å². The Labute approximate surface area is 226 Å². The summed E-state index contributed by atoms with van der Waals surface area (Å²) in [4.78, 5) is 31.8. The quantitative estimate of drug-likeness (QED) is 0.218. The summed E-state index contributed by atoms with van der Waals surface area (Å²) in [6.07, 6.45) is 3.47. The summed E-state index contributed by atoms with van der Waals surface area (Å²) >= 11 is 3.46. The van der Waals surface area contributed by atoms with Crippen molar-refractivity contribution in [1.29, 1.82) is 0 Å². The van der Waals surface area contributed by atoms with E-state index in [1.54, 1.807) is 37.7 Å². The number of benzene rings is 2. The van der Waals surface area contributed by atoms with Gasteiger partial charge >= 0.3 is 5.97 Å². The summed E-state index contributed by atoms with van der Waals surface area (Å²) in [6.45, 7) is 7.79.